The van der Waals surface area contributed by atoms with Crippen LogP contribution in [0.15, 0.2) is 53.5 Å². The molecule has 2 aromatic rings. The minimum atomic E-state index is 0.697. The van der Waals surface area contributed by atoms with Crippen LogP contribution >= 0.6 is 0 Å². The first-order valence-corrected chi connectivity index (χ1v) is 6.95. The van der Waals surface area contributed by atoms with E-state index in [1.54, 1.807) is 0 Å². The van der Waals surface area contributed by atoms with E-state index in [1.807, 2.05) is 38.2 Å². The van der Waals surface area contributed by atoms with Gasteiger partial charge in [-0.05, 0) is 35.7 Å². The van der Waals surface area contributed by atoms with E-state index in [1.165, 1.54) is 11.1 Å². The molecule has 1 N–H and O–H groups in total. The standard InChI is InChI=1S/C18H19N3/c1-14(20-2)18-9-7-17(8-10-18)13-21-12-16-5-3-15(11-19)4-6-16/h3-10,21H,12-13H2,1-2H3. The van der Waals surface area contributed by atoms with Crippen molar-refractivity contribution in [3.05, 3.63) is 70.8 Å². The van der Waals surface area contributed by atoms with Crippen molar-refractivity contribution in [1.29, 1.82) is 5.26 Å². The van der Waals surface area contributed by atoms with E-state index in [2.05, 4.69) is 40.6 Å². The lowest BCUT2D eigenvalue weighted by Crippen LogP contribution is -2.12. The largest absolute Gasteiger partial charge is 0.309 e. The van der Waals surface area contributed by atoms with Gasteiger partial charge in [0.2, 0.25) is 0 Å². The fourth-order valence-corrected chi connectivity index (χ4v) is 2.04. The smallest absolute Gasteiger partial charge is 0.0991 e. The second-order valence-electron chi connectivity index (χ2n) is 4.92. The number of rotatable bonds is 5. The molecule has 0 atom stereocenters. The molecule has 0 heterocycles. The minimum Gasteiger partial charge on any atom is -0.309 e. The van der Waals surface area contributed by atoms with E-state index < -0.39 is 0 Å². The van der Waals surface area contributed by atoms with Crippen LogP contribution in [0.3, 0.4) is 0 Å². The van der Waals surface area contributed by atoms with Gasteiger partial charge >= 0.3 is 0 Å². The predicted octanol–water partition coefficient (Wildman–Crippen LogP) is 3.29. The first-order chi connectivity index (χ1) is 10.2. The van der Waals surface area contributed by atoms with Gasteiger partial charge in [-0.1, -0.05) is 36.4 Å². The first-order valence-electron chi connectivity index (χ1n) is 6.95. The second kappa shape index (κ2) is 7.37. The highest BCUT2D eigenvalue weighted by atomic mass is 14.8. The molecular weight excluding hydrogens is 258 g/mol. The van der Waals surface area contributed by atoms with Crippen LogP contribution in [-0.4, -0.2) is 12.8 Å². The van der Waals surface area contributed by atoms with Crippen molar-refractivity contribution in [3.8, 4) is 6.07 Å². The highest BCUT2D eigenvalue weighted by molar-refractivity contribution is 5.98. The molecule has 2 rings (SSSR count). The van der Waals surface area contributed by atoms with Gasteiger partial charge < -0.3 is 5.32 Å². The van der Waals surface area contributed by atoms with Gasteiger partial charge in [0.1, 0.15) is 0 Å². The monoisotopic (exact) mass is 277 g/mol. The summed E-state index contributed by atoms with van der Waals surface area (Å²) in [7, 11) is 1.81. The van der Waals surface area contributed by atoms with Gasteiger partial charge in [-0.3, -0.25) is 4.99 Å². The molecule has 0 aromatic heterocycles. The lowest BCUT2D eigenvalue weighted by molar-refractivity contribution is 0.693. The predicted molar refractivity (Wildman–Crippen MR) is 86.3 cm³/mol. The van der Waals surface area contributed by atoms with Gasteiger partial charge in [0.05, 0.1) is 11.6 Å². The zero-order chi connectivity index (χ0) is 15.1. The molecule has 106 valence electrons. The number of aliphatic imine (C=N–C) groups is 1. The molecule has 2 aromatic carbocycles. The molecule has 0 aliphatic carbocycles. The maximum Gasteiger partial charge on any atom is 0.0991 e. The SMILES string of the molecule is CN=C(C)c1ccc(CNCc2ccc(C#N)cc2)cc1. The van der Waals surface area contributed by atoms with E-state index in [4.69, 9.17) is 5.26 Å². The van der Waals surface area contributed by atoms with Crippen molar-refractivity contribution < 1.29 is 0 Å². The second-order valence-corrected chi connectivity index (χ2v) is 4.92. The summed E-state index contributed by atoms with van der Waals surface area (Å²) in [5.74, 6) is 0. The van der Waals surface area contributed by atoms with Crippen LogP contribution in [0.4, 0.5) is 0 Å². The van der Waals surface area contributed by atoms with E-state index >= 15 is 0 Å². The maximum atomic E-state index is 8.76. The Morgan fingerprint density at radius 1 is 1.00 bits per heavy atom. The molecule has 21 heavy (non-hydrogen) atoms. The molecule has 0 amide bonds. The van der Waals surface area contributed by atoms with Crippen LogP contribution < -0.4 is 5.32 Å². The Hall–Kier alpha value is -2.44. The minimum absolute atomic E-state index is 0.697. The molecule has 0 radical (unpaired) electrons. The van der Waals surface area contributed by atoms with Crippen molar-refractivity contribution in [2.24, 2.45) is 4.99 Å². The third kappa shape index (κ3) is 4.27. The summed E-state index contributed by atoms with van der Waals surface area (Å²) < 4.78 is 0. The van der Waals surface area contributed by atoms with Crippen molar-refractivity contribution in [3.63, 3.8) is 0 Å². The fourth-order valence-electron chi connectivity index (χ4n) is 2.04. The number of benzene rings is 2. The zero-order valence-electron chi connectivity index (χ0n) is 12.4. The average molecular weight is 277 g/mol. The van der Waals surface area contributed by atoms with Gasteiger partial charge in [-0.25, -0.2) is 0 Å². The third-order valence-corrected chi connectivity index (χ3v) is 3.45. The molecule has 3 heteroatoms. The Labute approximate surface area is 126 Å². The topological polar surface area (TPSA) is 48.2 Å². The highest BCUT2D eigenvalue weighted by Crippen LogP contribution is 2.07. The number of hydrogen-bond donors (Lipinski definition) is 1. The van der Waals surface area contributed by atoms with E-state index in [9.17, 15) is 0 Å². The molecule has 0 aliphatic heterocycles. The molecule has 0 unspecified atom stereocenters. The zero-order valence-corrected chi connectivity index (χ0v) is 12.4. The summed E-state index contributed by atoms with van der Waals surface area (Å²) in [6.07, 6.45) is 0. The Balaban J connectivity index is 1.87. The van der Waals surface area contributed by atoms with Gasteiger partial charge in [-0.15, -0.1) is 0 Å². The average Bonchev–Trinajstić information content (AvgIpc) is 2.55. The number of nitrogens with one attached hydrogen (secondary N) is 1. The fraction of sp³-hybridized carbons (Fsp3) is 0.222. The molecule has 0 fully saturated rings. The van der Waals surface area contributed by atoms with Gasteiger partial charge in [0, 0.05) is 25.8 Å². The molecular formula is C18H19N3. The molecule has 0 spiro atoms. The van der Waals surface area contributed by atoms with Crippen LogP contribution in [0.1, 0.15) is 29.2 Å². The summed E-state index contributed by atoms with van der Waals surface area (Å²) in [4.78, 5) is 4.18. The van der Waals surface area contributed by atoms with Gasteiger partial charge in [-0.2, -0.15) is 5.26 Å². The Morgan fingerprint density at radius 2 is 1.52 bits per heavy atom. The van der Waals surface area contributed by atoms with Crippen molar-refractivity contribution in [2.45, 2.75) is 20.0 Å². The summed E-state index contributed by atoms with van der Waals surface area (Å²) in [6, 6.07) is 18.2. The van der Waals surface area contributed by atoms with E-state index in [0.717, 1.165) is 24.4 Å². The summed E-state index contributed by atoms with van der Waals surface area (Å²) in [5, 5.41) is 12.2. The van der Waals surface area contributed by atoms with Gasteiger partial charge in [0.25, 0.3) is 0 Å². The number of nitriles is 1. The molecule has 0 saturated heterocycles. The first kappa shape index (κ1) is 15.0. The van der Waals surface area contributed by atoms with Crippen LogP contribution in [0.25, 0.3) is 0 Å². The van der Waals surface area contributed by atoms with Crippen LogP contribution in [0, 0.1) is 11.3 Å². The molecule has 0 saturated carbocycles. The quantitative estimate of drug-likeness (QED) is 0.853. The lowest BCUT2D eigenvalue weighted by Gasteiger charge is -2.06. The molecule has 0 aliphatic rings. The van der Waals surface area contributed by atoms with E-state index in [0.29, 0.717) is 5.56 Å². The molecule has 3 nitrogen and oxygen atoms in total. The summed E-state index contributed by atoms with van der Waals surface area (Å²) >= 11 is 0. The Morgan fingerprint density at radius 3 is 2.00 bits per heavy atom. The maximum absolute atomic E-state index is 8.76. The summed E-state index contributed by atoms with van der Waals surface area (Å²) in [5.41, 5.74) is 5.33. The molecule has 0 bridgehead atoms. The highest BCUT2D eigenvalue weighted by Gasteiger charge is 1.98. The lowest BCUT2D eigenvalue weighted by atomic mass is 10.1. The van der Waals surface area contributed by atoms with Gasteiger partial charge in [0.15, 0.2) is 0 Å². The number of hydrogen-bond acceptors (Lipinski definition) is 3. The summed E-state index contributed by atoms with van der Waals surface area (Å²) in [6.45, 7) is 3.63. The van der Waals surface area contributed by atoms with Crippen molar-refractivity contribution in [2.75, 3.05) is 7.05 Å². The Kier molecular flexibility index (Phi) is 5.25. The van der Waals surface area contributed by atoms with Crippen molar-refractivity contribution >= 4 is 5.71 Å². The number of nitrogens with zero attached hydrogens (tertiary/aromatic N) is 2. The van der Waals surface area contributed by atoms with Crippen molar-refractivity contribution in [1.82, 2.24) is 5.32 Å². The Bertz CT molecular complexity index is 646. The van der Waals surface area contributed by atoms with E-state index in [-0.39, 0.29) is 0 Å². The third-order valence-electron chi connectivity index (χ3n) is 3.45. The van der Waals surface area contributed by atoms with Crippen LogP contribution in [0.2, 0.25) is 0 Å². The van der Waals surface area contributed by atoms with Crippen LogP contribution in [-0.2, 0) is 13.1 Å². The normalized spacial score (nSPS) is 11.2. The van der Waals surface area contributed by atoms with Crippen LogP contribution in [0.5, 0.6) is 0 Å².